The van der Waals surface area contributed by atoms with Gasteiger partial charge in [0, 0.05) is 12.0 Å². The molecule has 2 aromatic rings. The van der Waals surface area contributed by atoms with Crippen LogP contribution >= 0.6 is 0 Å². The van der Waals surface area contributed by atoms with Crippen molar-refractivity contribution in [2.24, 2.45) is 0 Å². The Labute approximate surface area is 172 Å². The quantitative estimate of drug-likeness (QED) is 0.228. The lowest BCUT2D eigenvalue weighted by Gasteiger charge is -2.38. The van der Waals surface area contributed by atoms with Crippen molar-refractivity contribution in [2.75, 3.05) is 0 Å². The minimum atomic E-state index is -5.24. The molecule has 1 saturated carbocycles. The first-order valence-electron chi connectivity index (χ1n) is 8.43. The molecule has 166 valence electrons. The number of hydrogen-bond donors (Lipinski definition) is 1. The van der Waals surface area contributed by atoms with Crippen LogP contribution in [-0.2, 0) is 33.3 Å². The molecule has 0 saturated heterocycles. The molecule has 2 heterocycles. The number of rotatable bonds is 6. The van der Waals surface area contributed by atoms with E-state index in [0.29, 0.717) is 23.4 Å². The first-order chi connectivity index (χ1) is 14.3. The van der Waals surface area contributed by atoms with Crippen LogP contribution in [-0.4, -0.2) is 28.4 Å². The van der Waals surface area contributed by atoms with Gasteiger partial charge in [0.05, 0.1) is 5.56 Å². The van der Waals surface area contributed by atoms with E-state index in [0.717, 1.165) is 6.20 Å². The molecule has 3 rings (SSSR count). The van der Waals surface area contributed by atoms with Crippen molar-refractivity contribution in [1.82, 2.24) is 9.67 Å². The molecule has 0 spiro atoms. The molecule has 0 radical (unpaired) electrons. The van der Waals surface area contributed by atoms with Crippen molar-refractivity contribution in [3.8, 4) is 5.88 Å². The summed E-state index contributed by atoms with van der Waals surface area (Å²) in [5.41, 5.74) is -3.18. The number of alkyl halides is 3. The monoisotopic (exact) mass is 464 g/mol. The molecule has 1 fully saturated rings. The van der Waals surface area contributed by atoms with E-state index in [-0.39, 0.29) is 23.3 Å². The van der Waals surface area contributed by atoms with Gasteiger partial charge in [0.2, 0.25) is 0 Å². The van der Waals surface area contributed by atoms with Crippen LogP contribution in [0.2, 0.25) is 0 Å². The lowest BCUT2D eigenvalue weighted by atomic mass is 9.72. The maximum absolute atomic E-state index is 14.0. The fourth-order valence-electron chi connectivity index (χ4n) is 3.27. The molecular formula is C16H12F4N4O6S. The summed E-state index contributed by atoms with van der Waals surface area (Å²) in [6.45, 7) is 6.78. The number of ketones is 1. The molecule has 10 nitrogen and oxygen atoms in total. The predicted octanol–water partition coefficient (Wildman–Crippen LogP) is 2.10. The normalized spacial score (nSPS) is 15.7. The van der Waals surface area contributed by atoms with E-state index in [9.17, 15) is 36.0 Å². The van der Waals surface area contributed by atoms with Crippen molar-refractivity contribution in [1.29, 1.82) is 0 Å². The minimum Gasteiger partial charge on any atom is -0.593 e. The molecule has 31 heavy (non-hydrogen) atoms. The van der Waals surface area contributed by atoms with Crippen LogP contribution in [0.5, 0.6) is 5.88 Å². The summed E-state index contributed by atoms with van der Waals surface area (Å²) < 4.78 is 88.1. The van der Waals surface area contributed by atoms with Gasteiger partial charge in [-0.05, 0) is 24.1 Å². The van der Waals surface area contributed by atoms with E-state index < -0.39 is 57.4 Å². The molecule has 0 aromatic carbocycles. The summed E-state index contributed by atoms with van der Waals surface area (Å²) in [5, 5.41) is 12.3. The molecule has 0 amide bonds. The van der Waals surface area contributed by atoms with E-state index in [2.05, 4.69) is 14.0 Å². The molecule has 2 aromatic heterocycles. The average Bonchev–Trinajstić information content (AvgIpc) is 2.87. The van der Waals surface area contributed by atoms with Gasteiger partial charge in [-0.1, -0.05) is 12.6 Å². The van der Waals surface area contributed by atoms with Gasteiger partial charge in [-0.3, -0.25) is 13.5 Å². The van der Waals surface area contributed by atoms with E-state index >= 15 is 0 Å². The highest BCUT2D eigenvalue weighted by Gasteiger charge is 2.51. The van der Waals surface area contributed by atoms with E-state index in [1.54, 1.807) is 0 Å². The molecular weight excluding hydrogens is 452 g/mol. The smallest absolute Gasteiger partial charge is 0.460 e. The number of Topliss-reactive ketones (excluding diaryl/α,β-unsaturated/α-hetero) is 1. The minimum absolute atomic E-state index is 0.0210. The topological polar surface area (TPSA) is 130 Å². The summed E-state index contributed by atoms with van der Waals surface area (Å²) in [6.07, 6.45) is -3.62. The van der Waals surface area contributed by atoms with Crippen molar-refractivity contribution < 1.29 is 44.4 Å². The first-order valence-corrected chi connectivity index (χ1v) is 9.80. The SMILES string of the molecule is [C-]#[N+]c1ncc(CC(=O)C2(n3cc(F)c(OS(=O)(=O)O)[n+]3[O-])CCC2)cc1C(F)(F)F. The Morgan fingerprint density at radius 3 is 2.58 bits per heavy atom. The zero-order valence-corrected chi connectivity index (χ0v) is 16.1. The zero-order valence-electron chi connectivity index (χ0n) is 15.3. The highest BCUT2D eigenvalue weighted by atomic mass is 32.3. The average molecular weight is 464 g/mol. The van der Waals surface area contributed by atoms with Crippen molar-refractivity contribution in [3.63, 3.8) is 0 Å². The van der Waals surface area contributed by atoms with Gasteiger partial charge in [0.1, 0.15) is 12.4 Å². The lowest BCUT2D eigenvalue weighted by Crippen LogP contribution is -2.57. The van der Waals surface area contributed by atoms with Crippen LogP contribution in [0.15, 0.2) is 18.5 Å². The Hall–Kier alpha value is -3.25. The van der Waals surface area contributed by atoms with Crippen molar-refractivity contribution in [3.05, 3.63) is 52.0 Å². The Morgan fingerprint density at radius 1 is 1.45 bits per heavy atom. The second-order valence-corrected chi connectivity index (χ2v) is 7.74. The molecule has 0 atom stereocenters. The maximum atomic E-state index is 14.0. The third-order valence-electron chi connectivity index (χ3n) is 4.83. The molecule has 0 bridgehead atoms. The van der Waals surface area contributed by atoms with Gasteiger partial charge in [0.15, 0.2) is 11.3 Å². The van der Waals surface area contributed by atoms with Gasteiger partial charge < -0.3 is 10.1 Å². The van der Waals surface area contributed by atoms with Gasteiger partial charge in [-0.2, -0.15) is 26.0 Å². The van der Waals surface area contributed by atoms with Crippen molar-refractivity contribution >= 4 is 22.0 Å². The van der Waals surface area contributed by atoms with Gasteiger partial charge in [-0.25, -0.2) is 0 Å². The highest BCUT2D eigenvalue weighted by molar-refractivity contribution is 7.81. The molecule has 0 aliphatic heterocycles. The Balaban J connectivity index is 1.97. The fourth-order valence-corrected chi connectivity index (χ4v) is 3.61. The lowest BCUT2D eigenvalue weighted by molar-refractivity contribution is -0.705. The number of aromatic nitrogens is 3. The second-order valence-electron chi connectivity index (χ2n) is 6.72. The van der Waals surface area contributed by atoms with Crippen LogP contribution in [0.25, 0.3) is 4.85 Å². The zero-order chi connectivity index (χ0) is 23.2. The molecule has 1 N–H and O–H groups in total. The maximum Gasteiger partial charge on any atom is 0.460 e. The highest BCUT2D eigenvalue weighted by Crippen LogP contribution is 2.41. The number of carbonyl (C=O) groups excluding carboxylic acids is 1. The fraction of sp³-hybridized carbons (Fsp3) is 0.375. The summed E-state index contributed by atoms with van der Waals surface area (Å²) in [5.74, 6) is -4.54. The third-order valence-corrected chi connectivity index (χ3v) is 5.20. The number of carbonyl (C=O) groups is 1. The number of halogens is 4. The Morgan fingerprint density at radius 2 is 2.10 bits per heavy atom. The summed E-state index contributed by atoms with van der Waals surface area (Å²) in [4.78, 5) is 18.7. The van der Waals surface area contributed by atoms with E-state index in [1.165, 1.54) is 0 Å². The van der Waals surface area contributed by atoms with Gasteiger partial charge >= 0.3 is 22.5 Å². The van der Waals surface area contributed by atoms with Gasteiger partial charge in [0.25, 0.3) is 11.6 Å². The van der Waals surface area contributed by atoms with E-state index in [1.807, 2.05) is 0 Å². The van der Waals surface area contributed by atoms with Crippen molar-refractivity contribution in [2.45, 2.75) is 37.4 Å². The summed E-state index contributed by atoms with van der Waals surface area (Å²) >= 11 is 0. The number of nitrogens with zero attached hydrogens (tertiary/aromatic N) is 4. The summed E-state index contributed by atoms with van der Waals surface area (Å²) in [7, 11) is -5.24. The second kappa shape index (κ2) is 7.46. The molecule has 15 heteroatoms. The van der Waals surface area contributed by atoms with Crippen LogP contribution in [0.3, 0.4) is 0 Å². The molecule has 0 unspecified atom stereocenters. The van der Waals surface area contributed by atoms with Crippen LogP contribution in [0.4, 0.5) is 23.4 Å². The van der Waals surface area contributed by atoms with Crippen LogP contribution in [0.1, 0.15) is 30.4 Å². The summed E-state index contributed by atoms with van der Waals surface area (Å²) in [6, 6.07) is 0.596. The molecule has 1 aliphatic carbocycles. The largest absolute Gasteiger partial charge is 0.593 e. The Kier molecular flexibility index (Phi) is 5.40. The third kappa shape index (κ3) is 4.16. The predicted molar refractivity (Wildman–Crippen MR) is 91.6 cm³/mol. The standard InChI is InChI=1S/C16H12F4N4O6S/c1-21-13-10(16(18,19)20)5-9(7-22-13)6-12(25)15(3-2-4-15)23-8-11(17)14(24(23)26)30-31(27,28)29/h5,7-8H,2-4,6H2,(H,27,28,29). The molecule has 1 aliphatic rings. The number of pyridine rings is 1. The first kappa shape index (κ1) is 22.4. The van der Waals surface area contributed by atoms with E-state index in [4.69, 9.17) is 11.1 Å². The number of hydrogen-bond acceptors (Lipinski definition) is 6. The van der Waals surface area contributed by atoms with Crippen LogP contribution in [0, 0.1) is 17.6 Å². The van der Waals surface area contributed by atoms with Gasteiger partial charge in [-0.15, -0.1) is 9.67 Å². The Bertz CT molecular complexity index is 1200. The van der Waals surface area contributed by atoms with Crippen LogP contribution < -0.4 is 9.03 Å².